The largest absolute Gasteiger partial charge is 0.351 e. The highest BCUT2D eigenvalue weighted by Crippen LogP contribution is 2.33. The number of likely N-dealkylation sites (tertiary alicyclic amines) is 1. The zero-order valence-electron chi connectivity index (χ0n) is 19.0. The SMILES string of the molecule is CCc1cc(C(=O)N2CC[C@H](c3nc(C)c4c(n3)N(Cc3ccccc3)C(=O)CC4)C2)on1. The van der Waals surface area contributed by atoms with E-state index in [0.29, 0.717) is 44.1 Å². The quantitative estimate of drug-likeness (QED) is 0.597. The molecule has 2 amide bonds. The highest BCUT2D eigenvalue weighted by molar-refractivity contribution is 5.95. The van der Waals surface area contributed by atoms with E-state index < -0.39 is 0 Å². The van der Waals surface area contributed by atoms with E-state index in [4.69, 9.17) is 14.5 Å². The van der Waals surface area contributed by atoms with Crippen LogP contribution in [0.2, 0.25) is 0 Å². The van der Waals surface area contributed by atoms with Gasteiger partial charge in [-0.3, -0.25) is 14.5 Å². The summed E-state index contributed by atoms with van der Waals surface area (Å²) < 4.78 is 5.23. The van der Waals surface area contributed by atoms with E-state index in [2.05, 4.69) is 5.16 Å². The molecule has 1 atom stereocenters. The first-order valence-electron chi connectivity index (χ1n) is 11.5. The van der Waals surface area contributed by atoms with Crippen LogP contribution in [-0.4, -0.2) is 44.9 Å². The Bertz CT molecular complexity index is 1190. The first kappa shape index (κ1) is 21.3. The van der Waals surface area contributed by atoms with Crippen LogP contribution in [0.25, 0.3) is 0 Å². The summed E-state index contributed by atoms with van der Waals surface area (Å²) in [4.78, 5) is 38.9. The molecule has 2 aliphatic rings. The van der Waals surface area contributed by atoms with Crippen LogP contribution in [0.1, 0.15) is 64.6 Å². The van der Waals surface area contributed by atoms with Crippen LogP contribution in [0.15, 0.2) is 40.9 Å². The van der Waals surface area contributed by atoms with E-state index in [1.165, 1.54) is 0 Å². The highest BCUT2D eigenvalue weighted by Gasteiger charge is 2.34. The van der Waals surface area contributed by atoms with Crippen molar-refractivity contribution >= 4 is 17.6 Å². The molecule has 2 aromatic heterocycles. The molecule has 1 fully saturated rings. The third-order valence-electron chi connectivity index (χ3n) is 6.51. The average Bonchev–Trinajstić information content (AvgIpc) is 3.51. The molecule has 1 aromatic carbocycles. The molecule has 0 bridgehead atoms. The molecule has 8 heteroatoms. The lowest BCUT2D eigenvalue weighted by atomic mass is 10.0. The second kappa shape index (κ2) is 8.77. The lowest BCUT2D eigenvalue weighted by molar-refractivity contribution is -0.119. The van der Waals surface area contributed by atoms with Crippen molar-refractivity contribution < 1.29 is 14.1 Å². The van der Waals surface area contributed by atoms with E-state index in [-0.39, 0.29) is 23.5 Å². The Labute approximate surface area is 192 Å². The maximum Gasteiger partial charge on any atom is 0.292 e. The van der Waals surface area contributed by atoms with Crippen molar-refractivity contribution in [2.24, 2.45) is 0 Å². The normalized spacial score (nSPS) is 18.0. The number of carbonyl (C=O) groups is 2. The number of hydrogen-bond donors (Lipinski definition) is 0. The highest BCUT2D eigenvalue weighted by atomic mass is 16.5. The summed E-state index contributed by atoms with van der Waals surface area (Å²) in [5, 5.41) is 3.93. The van der Waals surface area contributed by atoms with Gasteiger partial charge in [-0.25, -0.2) is 9.97 Å². The zero-order valence-corrected chi connectivity index (χ0v) is 19.0. The molecule has 0 unspecified atom stereocenters. The van der Waals surface area contributed by atoms with Gasteiger partial charge in [0.05, 0.1) is 12.2 Å². The molecule has 0 N–H and O–H groups in total. The van der Waals surface area contributed by atoms with Gasteiger partial charge >= 0.3 is 0 Å². The Kier molecular flexibility index (Phi) is 5.66. The van der Waals surface area contributed by atoms with Crippen LogP contribution in [0.4, 0.5) is 5.82 Å². The molecule has 8 nitrogen and oxygen atoms in total. The number of anilines is 1. The van der Waals surface area contributed by atoms with Gasteiger partial charge in [0.2, 0.25) is 11.7 Å². The van der Waals surface area contributed by atoms with Gasteiger partial charge < -0.3 is 9.42 Å². The van der Waals surface area contributed by atoms with Crippen molar-refractivity contribution in [3.63, 3.8) is 0 Å². The minimum Gasteiger partial charge on any atom is -0.351 e. The molecule has 2 aliphatic heterocycles. The molecule has 3 aromatic rings. The number of aryl methyl sites for hydroxylation is 2. The molecule has 33 heavy (non-hydrogen) atoms. The monoisotopic (exact) mass is 445 g/mol. The van der Waals surface area contributed by atoms with E-state index in [1.807, 2.05) is 44.2 Å². The average molecular weight is 446 g/mol. The van der Waals surface area contributed by atoms with Crippen molar-refractivity contribution in [3.8, 4) is 0 Å². The minimum absolute atomic E-state index is 0.0159. The Morgan fingerprint density at radius 2 is 2.00 bits per heavy atom. The molecule has 0 spiro atoms. The second-order valence-corrected chi connectivity index (χ2v) is 8.71. The van der Waals surface area contributed by atoms with E-state index in [9.17, 15) is 9.59 Å². The third-order valence-corrected chi connectivity index (χ3v) is 6.51. The summed E-state index contributed by atoms with van der Waals surface area (Å²) in [5.41, 5.74) is 3.78. The smallest absolute Gasteiger partial charge is 0.292 e. The predicted octanol–water partition coefficient (Wildman–Crippen LogP) is 3.44. The van der Waals surface area contributed by atoms with E-state index in [0.717, 1.165) is 35.4 Å². The van der Waals surface area contributed by atoms with Crippen molar-refractivity contribution in [3.05, 3.63) is 70.5 Å². The van der Waals surface area contributed by atoms with Gasteiger partial charge in [-0.15, -0.1) is 0 Å². The number of benzene rings is 1. The lowest BCUT2D eigenvalue weighted by Gasteiger charge is -2.30. The van der Waals surface area contributed by atoms with Gasteiger partial charge in [-0.05, 0) is 31.7 Å². The van der Waals surface area contributed by atoms with E-state index in [1.54, 1.807) is 15.9 Å². The predicted molar refractivity (Wildman–Crippen MR) is 122 cm³/mol. The van der Waals surface area contributed by atoms with Crippen LogP contribution in [-0.2, 0) is 24.2 Å². The number of aromatic nitrogens is 3. The fraction of sp³-hybridized carbons (Fsp3) is 0.400. The summed E-state index contributed by atoms with van der Waals surface area (Å²) >= 11 is 0. The number of amides is 2. The molecule has 0 radical (unpaired) electrons. The standard InChI is InChI=1S/C25H27N5O3/c1-3-19-13-21(33-28-19)25(32)29-12-11-18(15-29)23-26-16(2)20-9-10-22(31)30(24(20)27-23)14-17-7-5-4-6-8-17/h4-8,13,18H,3,9-12,14-15H2,1-2H3/t18-/m0/s1. The molecule has 0 saturated carbocycles. The Hall–Kier alpha value is -3.55. The summed E-state index contributed by atoms with van der Waals surface area (Å²) in [7, 11) is 0. The molecule has 170 valence electrons. The fourth-order valence-corrected chi connectivity index (χ4v) is 4.61. The lowest BCUT2D eigenvalue weighted by Crippen LogP contribution is -2.36. The van der Waals surface area contributed by atoms with Crippen molar-refractivity contribution in [1.29, 1.82) is 0 Å². The first-order valence-corrected chi connectivity index (χ1v) is 11.5. The summed E-state index contributed by atoms with van der Waals surface area (Å²) in [5.74, 6) is 1.62. The maximum atomic E-state index is 12.8. The van der Waals surface area contributed by atoms with E-state index >= 15 is 0 Å². The summed E-state index contributed by atoms with van der Waals surface area (Å²) in [6, 6.07) is 11.7. The Morgan fingerprint density at radius 1 is 1.18 bits per heavy atom. The topological polar surface area (TPSA) is 92.4 Å². The Morgan fingerprint density at radius 3 is 2.76 bits per heavy atom. The molecule has 1 saturated heterocycles. The van der Waals surface area contributed by atoms with Crippen LogP contribution < -0.4 is 4.90 Å². The van der Waals surface area contributed by atoms with Gasteiger partial charge in [-0.2, -0.15) is 0 Å². The number of carbonyl (C=O) groups excluding carboxylic acids is 2. The third kappa shape index (κ3) is 4.13. The van der Waals surface area contributed by atoms with Gasteiger partial charge in [0, 0.05) is 42.8 Å². The summed E-state index contributed by atoms with van der Waals surface area (Å²) in [6.07, 6.45) is 2.61. The van der Waals surface area contributed by atoms with Crippen LogP contribution in [0, 0.1) is 6.92 Å². The zero-order chi connectivity index (χ0) is 22.9. The van der Waals surface area contributed by atoms with Gasteiger partial charge in [0.1, 0.15) is 11.6 Å². The van der Waals surface area contributed by atoms with Gasteiger partial charge in [-0.1, -0.05) is 42.4 Å². The molecular weight excluding hydrogens is 418 g/mol. The first-order chi connectivity index (χ1) is 16.0. The number of rotatable bonds is 5. The second-order valence-electron chi connectivity index (χ2n) is 8.71. The van der Waals surface area contributed by atoms with Crippen molar-refractivity contribution in [1.82, 2.24) is 20.0 Å². The molecule has 4 heterocycles. The van der Waals surface area contributed by atoms with Gasteiger partial charge in [0.15, 0.2) is 0 Å². The minimum atomic E-state index is -0.153. The number of fused-ring (bicyclic) bond motifs is 1. The molecule has 5 rings (SSSR count). The van der Waals surface area contributed by atoms with Crippen LogP contribution in [0.3, 0.4) is 0 Å². The Balaban J connectivity index is 1.39. The maximum absolute atomic E-state index is 12.8. The van der Waals surface area contributed by atoms with Crippen LogP contribution >= 0.6 is 0 Å². The number of nitrogens with zero attached hydrogens (tertiary/aromatic N) is 5. The fourth-order valence-electron chi connectivity index (χ4n) is 4.61. The van der Waals surface area contributed by atoms with Crippen molar-refractivity contribution in [2.75, 3.05) is 18.0 Å². The molecular formula is C25H27N5O3. The van der Waals surface area contributed by atoms with Crippen molar-refractivity contribution in [2.45, 2.75) is 52.0 Å². The molecule has 0 aliphatic carbocycles. The summed E-state index contributed by atoms with van der Waals surface area (Å²) in [6.45, 7) is 5.57. The van der Waals surface area contributed by atoms with Crippen LogP contribution in [0.5, 0.6) is 0 Å². The number of hydrogen-bond acceptors (Lipinski definition) is 6. The van der Waals surface area contributed by atoms with Gasteiger partial charge in [0.25, 0.3) is 5.91 Å².